The van der Waals surface area contributed by atoms with E-state index in [-0.39, 0.29) is 0 Å². The van der Waals surface area contributed by atoms with Crippen molar-refractivity contribution in [3.8, 4) is 22.8 Å². The lowest BCUT2D eigenvalue weighted by molar-refractivity contribution is 0.199. The first kappa shape index (κ1) is 15.3. The van der Waals surface area contributed by atoms with Crippen LogP contribution in [0.15, 0.2) is 24.4 Å². The molecule has 6 nitrogen and oxygen atoms in total. The van der Waals surface area contributed by atoms with Crippen molar-refractivity contribution < 1.29 is 14.2 Å². The van der Waals surface area contributed by atoms with Gasteiger partial charge in [0.2, 0.25) is 0 Å². The van der Waals surface area contributed by atoms with Gasteiger partial charge in [-0.15, -0.1) is 0 Å². The van der Waals surface area contributed by atoms with Gasteiger partial charge < -0.3 is 19.5 Å². The molecule has 21 heavy (non-hydrogen) atoms. The first-order valence-corrected chi connectivity index (χ1v) is 6.74. The Morgan fingerprint density at radius 2 is 2.05 bits per heavy atom. The Morgan fingerprint density at radius 3 is 2.76 bits per heavy atom. The van der Waals surface area contributed by atoms with E-state index in [0.717, 1.165) is 34.9 Å². The molecule has 2 N–H and O–H groups in total. The molecule has 0 radical (unpaired) electrons. The van der Waals surface area contributed by atoms with Gasteiger partial charge in [0.15, 0.2) is 0 Å². The van der Waals surface area contributed by atoms with E-state index in [1.54, 1.807) is 21.3 Å². The van der Waals surface area contributed by atoms with Gasteiger partial charge in [0.1, 0.15) is 11.5 Å². The summed E-state index contributed by atoms with van der Waals surface area (Å²) in [7, 11) is 4.97. The normalized spacial score (nSPS) is 10.6. The zero-order chi connectivity index (χ0) is 15.1. The molecule has 1 aromatic carbocycles. The highest BCUT2D eigenvalue weighted by Crippen LogP contribution is 2.33. The quantitative estimate of drug-likeness (QED) is 0.726. The number of ether oxygens (including phenoxy) is 3. The van der Waals surface area contributed by atoms with Gasteiger partial charge in [-0.25, -0.2) is 0 Å². The Balaban J connectivity index is 2.20. The van der Waals surface area contributed by atoms with Gasteiger partial charge in [0.25, 0.3) is 0 Å². The molecule has 0 fully saturated rings. The summed E-state index contributed by atoms with van der Waals surface area (Å²) in [4.78, 5) is 0. The molecule has 0 saturated heterocycles. The van der Waals surface area contributed by atoms with Crippen molar-refractivity contribution in [2.45, 2.75) is 6.54 Å². The molecule has 0 unspecified atom stereocenters. The molecule has 0 atom stereocenters. The van der Waals surface area contributed by atoms with Crippen LogP contribution in [0.2, 0.25) is 0 Å². The molecular weight excluding hydrogens is 270 g/mol. The van der Waals surface area contributed by atoms with Crippen LogP contribution in [0.5, 0.6) is 11.5 Å². The van der Waals surface area contributed by atoms with Gasteiger partial charge in [0, 0.05) is 37.4 Å². The molecule has 1 aromatic heterocycles. The number of benzene rings is 1. The van der Waals surface area contributed by atoms with Crippen molar-refractivity contribution in [1.29, 1.82) is 0 Å². The number of aromatic nitrogens is 2. The fraction of sp³-hybridized carbons (Fsp3) is 0.400. The highest BCUT2D eigenvalue weighted by molar-refractivity contribution is 5.70. The summed E-state index contributed by atoms with van der Waals surface area (Å²) >= 11 is 0. The summed E-state index contributed by atoms with van der Waals surface area (Å²) in [5.74, 6) is 1.51. The predicted molar refractivity (Wildman–Crippen MR) is 80.7 cm³/mol. The van der Waals surface area contributed by atoms with Crippen LogP contribution in [0.3, 0.4) is 0 Å². The number of methoxy groups -OCH3 is 3. The zero-order valence-corrected chi connectivity index (χ0v) is 12.6. The Labute approximate surface area is 124 Å². The smallest absolute Gasteiger partial charge is 0.131 e. The van der Waals surface area contributed by atoms with Gasteiger partial charge in [-0.05, 0) is 12.1 Å². The van der Waals surface area contributed by atoms with E-state index in [2.05, 4.69) is 15.5 Å². The second-order valence-electron chi connectivity index (χ2n) is 4.51. The maximum absolute atomic E-state index is 5.44. The maximum atomic E-state index is 5.44. The second-order valence-corrected chi connectivity index (χ2v) is 4.51. The molecular formula is C15H21N3O3. The van der Waals surface area contributed by atoms with E-state index in [0.29, 0.717) is 13.2 Å². The molecule has 2 aromatic rings. The summed E-state index contributed by atoms with van der Waals surface area (Å²) in [5, 5.41) is 10.5. The lowest BCUT2D eigenvalue weighted by Crippen LogP contribution is -2.18. The van der Waals surface area contributed by atoms with Crippen LogP contribution in [0, 0.1) is 0 Å². The molecule has 6 heteroatoms. The van der Waals surface area contributed by atoms with Crippen LogP contribution >= 0.6 is 0 Å². The van der Waals surface area contributed by atoms with Crippen LogP contribution < -0.4 is 14.8 Å². The second kappa shape index (κ2) is 7.66. The minimum absolute atomic E-state index is 0.680. The molecule has 0 saturated carbocycles. The topological polar surface area (TPSA) is 68.4 Å². The number of hydrogen-bond donors (Lipinski definition) is 2. The minimum Gasteiger partial charge on any atom is -0.497 e. The van der Waals surface area contributed by atoms with Crippen LogP contribution in [0.4, 0.5) is 0 Å². The zero-order valence-electron chi connectivity index (χ0n) is 12.6. The molecule has 2 rings (SSSR count). The summed E-state index contributed by atoms with van der Waals surface area (Å²) < 4.78 is 15.7. The SMILES string of the molecule is COCCNCc1cn[nH]c1-c1ccc(OC)cc1OC. The van der Waals surface area contributed by atoms with Crippen molar-refractivity contribution in [3.05, 3.63) is 30.0 Å². The molecule has 0 spiro atoms. The monoisotopic (exact) mass is 291 g/mol. The molecule has 0 amide bonds. The molecule has 0 bridgehead atoms. The van der Waals surface area contributed by atoms with Crippen molar-refractivity contribution in [2.24, 2.45) is 0 Å². The number of nitrogens with one attached hydrogen (secondary N) is 2. The lowest BCUT2D eigenvalue weighted by atomic mass is 10.1. The molecule has 0 aliphatic rings. The Morgan fingerprint density at radius 1 is 1.19 bits per heavy atom. The third kappa shape index (κ3) is 3.74. The van der Waals surface area contributed by atoms with Crippen LogP contribution in [0.1, 0.15) is 5.56 Å². The summed E-state index contributed by atoms with van der Waals surface area (Å²) in [6.07, 6.45) is 1.82. The van der Waals surface area contributed by atoms with Gasteiger partial charge >= 0.3 is 0 Å². The average molecular weight is 291 g/mol. The standard InChI is InChI=1S/C15H21N3O3/c1-19-7-6-16-9-11-10-17-18-15(11)13-5-4-12(20-2)8-14(13)21-3/h4-5,8,10,16H,6-7,9H2,1-3H3,(H,17,18). The first-order valence-electron chi connectivity index (χ1n) is 6.74. The van der Waals surface area contributed by atoms with Crippen LogP contribution in [-0.4, -0.2) is 44.7 Å². The highest BCUT2D eigenvalue weighted by atomic mass is 16.5. The van der Waals surface area contributed by atoms with Crippen LogP contribution in [0.25, 0.3) is 11.3 Å². The van der Waals surface area contributed by atoms with Crippen molar-refractivity contribution in [2.75, 3.05) is 34.5 Å². The number of H-pyrrole nitrogens is 1. The fourth-order valence-corrected chi connectivity index (χ4v) is 2.08. The molecule has 0 aliphatic heterocycles. The molecule has 1 heterocycles. The van der Waals surface area contributed by atoms with E-state index in [4.69, 9.17) is 14.2 Å². The summed E-state index contributed by atoms with van der Waals surface area (Å²) in [6, 6.07) is 5.73. The summed E-state index contributed by atoms with van der Waals surface area (Å²) in [5.41, 5.74) is 2.98. The number of rotatable bonds is 8. The first-order chi connectivity index (χ1) is 10.3. The summed E-state index contributed by atoms with van der Waals surface area (Å²) in [6.45, 7) is 2.18. The Bertz CT molecular complexity index is 569. The van der Waals surface area contributed by atoms with E-state index in [1.807, 2.05) is 24.4 Å². The maximum Gasteiger partial charge on any atom is 0.131 e. The van der Waals surface area contributed by atoms with Gasteiger partial charge in [-0.2, -0.15) is 5.10 Å². The van der Waals surface area contributed by atoms with Gasteiger partial charge in [-0.3, -0.25) is 5.10 Å². The van der Waals surface area contributed by atoms with Gasteiger partial charge in [-0.1, -0.05) is 0 Å². The fourth-order valence-electron chi connectivity index (χ4n) is 2.08. The van der Waals surface area contributed by atoms with Gasteiger partial charge in [0.05, 0.1) is 32.7 Å². The number of nitrogens with zero attached hydrogens (tertiary/aromatic N) is 1. The Kier molecular flexibility index (Phi) is 5.59. The number of hydrogen-bond acceptors (Lipinski definition) is 5. The Hall–Kier alpha value is -2.05. The van der Waals surface area contributed by atoms with Crippen molar-refractivity contribution >= 4 is 0 Å². The predicted octanol–water partition coefficient (Wildman–Crippen LogP) is 1.83. The molecule has 114 valence electrons. The average Bonchev–Trinajstić information content (AvgIpc) is 2.99. The highest BCUT2D eigenvalue weighted by Gasteiger charge is 2.13. The molecule has 0 aliphatic carbocycles. The van der Waals surface area contributed by atoms with E-state index in [9.17, 15) is 0 Å². The van der Waals surface area contributed by atoms with Crippen LogP contribution in [-0.2, 0) is 11.3 Å². The van der Waals surface area contributed by atoms with E-state index < -0.39 is 0 Å². The third-order valence-electron chi connectivity index (χ3n) is 3.19. The minimum atomic E-state index is 0.680. The number of aromatic amines is 1. The van der Waals surface area contributed by atoms with E-state index >= 15 is 0 Å². The largest absolute Gasteiger partial charge is 0.497 e. The lowest BCUT2D eigenvalue weighted by Gasteiger charge is -2.11. The van der Waals surface area contributed by atoms with E-state index in [1.165, 1.54) is 0 Å². The van der Waals surface area contributed by atoms with Crippen molar-refractivity contribution in [3.63, 3.8) is 0 Å². The van der Waals surface area contributed by atoms with Crippen molar-refractivity contribution in [1.82, 2.24) is 15.5 Å². The third-order valence-corrected chi connectivity index (χ3v) is 3.19.